The molecule has 3 nitrogen and oxygen atoms in total. The Kier molecular flexibility index (Phi) is 4.11. The smallest absolute Gasteiger partial charge is 0.0649 e. The maximum atomic E-state index is 4.56. The number of hydrogen-bond donors (Lipinski definition) is 1. The van der Waals surface area contributed by atoms with Crippen LogP contribution in [-0.2, 0) is 5.41 Å². The molecule has 3 heteroatoms. The molecule has 1 saturated carbocycles. The molecule has 2 unspecified atom stereocenters. The molecule has 0 spiro atoms. The molecular formula is C18H25N3. The van der Waals surface area contributed by atoms with E-state index in [0.29, 0.717) is 6.04 Å². The molecule has 1 heterocycles. The highest BCUT2D eigenvalue weighted by Gasteiger charge is 2.38. The van der Waals surface area contributed by atoms with Crippen molar-refractivity contribution in [3.05, 3.63) is 48.3 Å². The molecule has 0 amide bonds. The summed E-state index contributed by atoms with van der Waals surface area (Å²) in [5.74, 6) is 0. The summed E-state index contributed by atoms with van der Waals surface area (Å²) in [6, 6.07) is 13.3. The van der Waals surface area contributed by atoms with Gasteiger partial charge in [0.2, 0.25) is 0 Å². The van der Waals surface area contributed by atoms with Gasteiger partial charge in [0.1, 0.15) is 0 Å². The van der Waals surface area contributed by atoms with E-state index < -0.39 is 0 Å². The van der Waals surface area contributed by atoms with Crippen LogP contribution in [0.25, 0.3) is 5.69 Å². The van der Waals surface area contributed by atoms with Crippen LogP contribution in [-0.4, -0.2) is 22.4 Å². The van der Waals surface area contributed by atoms with Gasteiger partial charge >= 0.3 is 0 Å². The van der Waals surface area contributed by atoms with Crippen molar-refractivity contribution < 1.29 is 0 Å². The Hall–Kier alpha value is -1.61. The molecule has 0 aliphatic heterocycles. The van der Waals surface area contributed by atoms with Crippen molar-refractivity contribution in [1.29, 1.82) is 0 Å². The van der Waals surface area contributed by atoms with Crippen LogP contribution in [0.5, 0.6) is 0 Å². The average Bonchev–Trinajstić information content (AvgIpc) is 3.14. The lowest BCUT2D eigenvalue weighted by atomic mass is 9.84. The number of benzene rings is 1. The van der Waals surface area contributed by atoms with Crippen molar-refractivity contribution in [1.82, 2.24) is 15.1 Å². The van der Waals surface area contributed by atoms with Crippen molar-refractivity contribution in [3.8, 4) is 5.69 Å². The van der Waals surface area contributed by atoms with Gasteiger partial charge in [-0.15, -0.1) is 0 Å². The van der Waals surface area contributed by atoms with Crippen LogP contribution in [0, 0.1) is 0 Å². The SMILES string of the molecule is CCCNC1CCC(C)(c2ccnn2-c2ccccc2)C1. The van der Waals surface area contributed by atoms with Crippen molar-refractivity contribution in [2.45, 2.75) is 51.0 Å². The summed E-state index contributed by atoms with van der Waals surface area (Å²) in [5, 5.41) is 8.24. The van der Waals surface area contributed by atoms with Gasteiger partial charge in [-0.05, 0) is 50.4 Å². The predicted molar refractivity (Wildman–Crippen MR) is 86.8 cm³/mol. The Bertz CT molecular complexity index is 575. The highest BCUT2D eigenvalue weighted by atomic mass is 15.3. The highest BCUT2D eigenvalue weighted by Crippen LogP contribution is 2.41. The van der Waals surface area contributed by atoms with Crippen LogP contribution in [0.4, 0.5) is 0 Å². The van der Waals surface area contributed by atoms with E-state index in [0.717, 1.165) is 12.2 Å². The summed E-state index contributed by atoms with van der Waals surface area (Å²) >= 11 is 0. The van der Waals surface area contributed by atoms with Gasteiger partial charge in [-0.2, -0.15) is 5.10 Å². The van der Waals surface area contributed by atoms with E-state index in [-0.39, 0.29) is 5.41 Å². The van der Waals surface area contributed by atoms with Gasteiger partial charge in [0.15, 0.2) is 0 Å². The Morgan fingerprint density at radius 2 is 2.10 bits per heavy atom. The van der Waals surface area contributed by atoms with Crippen LogP contribution in [0.15, 0.2) is 42.6 Å². The molecule has 1 aromatic carbocycles. The third kappa shape index (κ3) is 2.88. The quantitative estimate of drug-likeness (QED) is 0.907. The topological polar surface area (TPSA) is 29.9 Å². The summed E-state index contributed by atoms with van der Waals surface area (Å²) in [6.45, 7) is 5.74. The lowest BCUT2D eigenvalue weighted by molar-refractivity contribution is 0.432. The Balaban J connectivity index is 1.83. The van der Waals surface area contributed by atoms with Gasteiger partial charge in [-0.3, -0.25) is 0 Å². The van der Waals surface area contributed by atoms with E-state index in [9.17, 15) is 0 Å². The molecule has 2 aromatic rings. The normalized spacial score (nSPS) is 25.3. The van der Waals surface area contributed by atoms with E-state index >= 15 is 0 Å². The fourth-order valence-electron chi connectivity index (χ4n) is 3.53. The fourth-order valence-corrected chi connectivity index (χ4v) is 3.53. The number of rotatable bonds is 5. The van der Waals surface area contributed by atoms with E-state index in [1.54, 1.807) is 0 Å². The minimum absolute atomic E-state index is 0.220. The van der Waals surface area contributed by atoms with Gasteiger partial charge < -0.3 is 5.32 Å². The van der Waals surface area contributed by atoms with Crippen LogP contribution in [0.1, 0.15) is 45.2 Å². The first-order chi connectivity index (χ1) is 10.2. The summed E-state index contributed by atoms with van der Waals surface area (Å²) in [6.07, 6.45) is 6.82. The minimum atomic E-state index is 0.220. The molecular weight excluding hydrogens is 258 g/mol. The molecule has 3 rings (SSSR count). The van der Waals surface area contributed by atoms with Gasteiger partial charge in [0, 0.05) is 17.7 Å². The first kappa shape index (κ1) is 14.3. The monoisotopic (exact) mass is 283 g/mol. The molecule has 0 bridgehead atoms. The molecule has 1 fully saturated rings. The van der Waals surface area contributed by atoms with Gasteiger partial charge in [-0.25, -0.2) is 4.68 Å². The molecule has 1 aromatic heterocycles. The molecule has 1 aliphatic rings. The second kappa shape index (κ2) is 6.02. The molecule has 1 aliphatic carbocycles. The summed E-state index contributed by atoms with van der Waals surface area (Å²) in [4.78, 5) is 0. The lowest BCUT2D eigenvalue weighted by Gasteiger charge is -2.25. The first-order valence-corrected chi connectivity index (χ1v) is 8.06. The largest absolute Gasteiger partial charge is 0.314 e. The fraction of sp³-hybridized carbons (Fsp3) is 0.500. The summed E-state index contributed by atoms with van der Waals surface area (Å²) in [5.41, 5.74) is 2.72. The molecule has 0 saturated heterocycles. The zero-order valence-electron chi connectivity index (χ0n) is 13.0. The number of nitrogens with zero attached hydrogens (tertiary/aromatic N) is 2. The number of hydrogen-bond acceptors (Lipinski definition) is 2. The van der Waals surface area contributed by atoms with Crippen LogP contribution < -0.4 is 5.32 Å². The number of nitrogens with one attached hydrogen (secondary N) is 1. The summed E-state index contributed by atoms with van der Waals surface area (Å²) < 4.78 is 2.11. The van der Waals surface area contributed by atoms with E-state index in [2.05, 4.69) is 65.3 Å². The van der Waals surface area contributed by atoms with Crippen molar-refractivity contribution in [2.24, 2.45) is 0 Å². The Labute approximate surface area is 127 Å². The molecule has 0 radical (unpaired) electrons. The number of aromatic nitrogens is 2. The van der Waals surface area contributed by atoms with Gasteiger partial charge in [-0.1, -0.05) is 32.0 Å². The maximum absolute atomic E-state index is 4.56. The van der Waals surface area contributed by atoms with Crippen LogP contribution in [0.3, 0.4) is 0 Å². The second-order valence-electron chi connectivity index (χ2n) is 6.42. The number of para-hydroxylation sites is 1. The Morgan fingerprint density at radius 1 is 1.29 bits per heavy atom. The van der Waals surface area contributed by atoms with Gasteiger partial charge in [0.05, 0.1) is 11.4 Å². The Morgan fingerprint density at radius 3 is 2.86 bits per heavy atom. The maximum Gasteiger partial charge on any atom is 0.0649 e. The summed E-state index contributed by atoms with van der Waals surface area (Å²) in [7, 11) is 0. The van der Waals surface area contributed by atoms with E-state index in [1.165, 1.54) is 31.4 Å². The standard InChI is InChI=1S/C18H25N3/c1-3-12-19-15-9-11-18(2,14-15)17-10-13-20-21(17)16-7-5-4-6-8-16/h4-8,10,13,15,19H,3,9,11-12,14H2,1-2H3. The van der Waals surface area contributed by atoms with Gasteiger partial charge in [0.25, 0.3) is 0 Å². The van der Waals surface area contributed by atoms with E-state index in [4.69, 9.17) is 0 Å². The average molecular weight is 283 g/mol. The van der Waals surface area contributed by atoms with Crippen LogP contribution >= 0.6 is 0 Å². The third-order valence-electron chi connectivity index (χ3n) is 4.69. The molecule has 112 valence electrons. The van der Waals surface area contributed by atoms with E-state index in [1.807, 2.05) is 6.20 Å². The molecule has 2 atom stereocenters. The van der Waals surface area contributed by atoms with Crippen LogP contribution in [0.2, 0.25) is 0 Å². The highest BCUT2D eigenvalue weighted by molar-refractivity contribution is 5.35. The first-order valence-electron chi connectivity index (χ1n) is 8.06. The molecule has 1 N–H and O–H groups in total. The minimum Gasteiger partial charge on any atom is -0.314 e. The molecule has 21 heavy (non-hydrogen) atoms. The lowest BCUT2D eigenvalue weighted by Crippen LogP contribution is -2.30. The van der Waals surface area contributed by atoms with Crippen molar-refractivity contribution in [3.63, 3.8) is 0 Å². The predicted octanol–water partition coefficient (Wildman–Crippen LogP) is 3.68. The van der Waals surface area contributed by atoms with Crippen molar-refractivity contribution in [2.75, 3.05) is 6.54 Å². The third-order valence-corrected chi connectivity index (χ3v) is 4.69. The zero-order chi connectivity index (χ0) is 14.7. The van der Waals surface area contributed by atoms with Crippen molar-refractivity contribution >= 4 is 0 Å². The zero-order valence-corrected chi connectivity index (χ0v) is 13.0. The second-order valence-corrected chi connectivity index (χ2v) is 6.42.